The van der Waals surface area contributed by atoms with E-state index in [1.165, 1.54) is 13.8 Å². The molecular weight excluding hydrogens is 560 g/mol. The molecule has 0 spiro atoms. The molecule has 2 aliphatic heterocycles. The Morgan fingerprint density at radius 1 is 0.907 bits per heavy atom. The van der Waals surface area contributed by atoms with Gasteiger partial charge in [-0.1, -0.05) is 27.7 Å². The standard InChI is InChI=1S/C32H52O11/c1-10-12-22(35)42-29-27(40-19(6)34)24(17(3)4)25-26(32(29,9)38)20-16-30(7,37)21(39-18(5)33)14-15-31(8,28(25)41-20)43-23(36)13-11-2/h17,20-21,24-29,37-38H,10-16H2,1-9H3/t20-,21+,24-,25-,26-,27+,28-,29-,30+,31-,32+/m1/s1. The summed E-state index contributed by atoms with van der Waals surface area (Å²) in [6.07, 6.45) is -2.98. The Balaban J connectivity index is 2.25. The molecule has 11 nitrogen and oxygen atoms in total. The summed E-state index contributed by atoms with van der Waals surface area (Å²) in [5.41, 5.74) is -4.60. The molecule has 0 aromatic carbocycles. The van der Waals surface area contributed by atoms with Crippen LogP contribution in [-0.2, 0) is 42.9 Å². The van der Waals surface area contributed by atoms with Crippen molar-refractivity contribution in [1.82, 2.24) is 0 Å². The van der Waals surface area contributed by atoms with E-state index in [-0.39, 0.29) is 38.0 Å². The molecule has 2 N–H and O–H groups in total. The van der Waals surface area contributed by atoms with Crippen LogP contribution in [0.3, 0.4) is 0 Å². The molecule has 246 valence electrons. The lowest BCUT2D eigenvalue weighted by atomic mass is 9.55. The molecule has 3 fully saturated rings. The molecule has 0 aromatic heterocycles. The van der Waals surface area contributed by atoms with Gasteiger partial charge in [0.1, 0.15) is 35.1 Å². The number of hydrogen-bond donors (Lipinski definition) is 2. The van der Waals surface area contributed by atoms with Crippen molar-refractivity contribution < 1.29 is 53.1 Å². The highest BCUT2D eigenvalue weighted by Gasteiger charge is 2.70. The fourth-order valence-electron chi connectivity index (χ4n) is 7.84. The minimum absolute atomic E-state index is 0.0174. The first-order valence-electron chi connectivity index (χ1n) is 15.8. The first-order chi connectivity index (χ1) is 19.9. The molecule has 0 radical (unpaired) electrons. The first kappa shape index (κ1) is 35.2. The smallest absolute Gasteiger partial charge is 0.306 e. The summed E-state index contributed by atoms with van der Waals surface area (Å²) in [6, 6.07) is 0. The molecule has 2 saturated heterocycles. The monoisotopic (exact) mass is 612 g/mol. The highest BCUT2D eigenvalue weighted by Crippen LogP contribution is 2.59. The van der Waals surface area contributed by atoms with Crippen molar-refractivity contribution in [2.45, 2.75) is 155 Å². The van der Waals surface area contributed by atoms with Gasteiger partial charge in [-0.2, -0.15) is 0 Å². The Morgan fingerprint density at radius 2 is 1.49 bits per heavy atom. The van der Waals surface area contributed by atoms with E-state index in [1.54, 1.807) is 20.8 Å². The van der Waals surface area contributed by atoms with Crippen molar-refractivity contribution in [3.63, 3.8) is 0 Å². The molecule has 11 atom stereocenters. The number of rotatable bonds is 9. The van der Waals surface area contributed by atoms with Crippen molar-refractivity contribution in [3.05, 3.63) is 0 Å². The molecule has 1 aliphatic carbocycles. The minimum Gasteiger partial charge on any atom is -0.460 e. The van der Waals surface area contributed by atoms with E-state index in [1.807, 2.05) is 27.7 Å². The van der Waals surface area contributed by atoms with Crippen LogP contribution in [0.2, 0.25) is 0 Å². The van der Waals surface area contributed by atoms with E-state index in [2.05, 4.69) is 0 Å². The summed E-state index contributed by atoms with van der Waals surface area (Å²) in [5, 5.41) is 24.2. The summed E-state index contributed by atoms with van der Waals surface area (Å²) >= 11 is 0. The van der Waals surface area contributed by atoms with Crippen LogP contribution < -0.4 is 0 Å². The topological polar surface area (TPSA) is 155 Å². The molecule has 11 heteroatoms. The predicted molar refractivity (Wildman–Crippen MR) is 154 cm³/mol. The lowest BCUT2D eigenvalue weighted by molar-refractivity contribution is -0.243. The van der Waals surface area contributed by atoms with Crippen LogP contribution in [0.15, 0.2) is 0 Å². The Morgan fingerprint density at radius 3 is 2.02 bits per heavy atom. The van der Waals surface area contributed by atoms with Gasteiger partial charge in [-0.15, -0.1) is 0 Å². The fourth-order valence-corrected chi connectivity index (χ4v) is 7.84. The Kier molecular flexibility index (Phi) is 11.0. The largest absolute Gasteiger partial charge is 0.460 e. The van der Waals surface area contributed by atoms with Crippen LogP contribution in [-0.4, -0.2) is 81.4 Å². The number of ether oxygens (including phenoxy) is 5. The number of carbonyl (C=O) groups is 4. The number of carbonyl (C=O) groups excluding carboxylic acids is 4. The highest BCUT2D eigenvalue weighted by atomic mass is 16.6. The van der Waals surface area contributed by atoms with E-state index in [9.17, 15) is 29.4 Å². The van der Waals surface area contributed by atoms with Crippen molar-refractivity contribution >= 4 is 23.9 Å². The zero-order valence-electron chi connectivity index (χ0n) is 27.2. The van der Waals surface area contributed by atoms with Gasteiger partial charge >= 0.3 is 23.9 Å². The average molecular weight is 613 g/mol. The van der Waals surface area contributed by atoms with Gasteiger partial charge in [0.25, 0.3) is 0 Å². The van der Waals surface area contributed by atoms with Gasteiger partial charge in [-0.25, -0.2) is 0 Å². The normalized spacial score (nSPS) is 40.8. The van der Waals surface area contributed by atoms with Gasteiger partial charge in [-0.3, -0.25) is 19.2 Å². The van der Waals surface area contributed by atoms with Crippen molar-refractivity contribution in [3.8, 4) is 0 Å². The van der Waals surface area contributed by atoms with E-state index >= 15 is 0 Å². The molecular formula is C32H52O11. The predicted octanol–water partition coefficient (Wildman–Crippen LogP) is 3.64. The van der Waals surface area contributed by atoms with Crippen LogP contribution in [0.25, 0.3) is 0 Å². The summed E-state index contributed by atoms with van der Waals surface area (Å²) in [6.45, 7) is 15.1. The first-order valence-corrected chi connectivity index (χ1v) is 15.8. The van der Waals surface area contributed by atoms with E-state index in [0.29, 0.717) is 12.8 Å². The second kappa shape index (κ2) is 13.4. The zero-order chi connectivity index (χ0) is 32.5. The minimum atomic E-state index is -1.78. The highest BCUT2D eigenvalue weighted by molar-refractivity contribution is 5.70. The SMILES string of the molecule is CCCC(=O)O[C@@H]1[C@@H](OC(C)=O)[C@H](C(C)C)[C@@H]2[C@@H]([C@H]3C[C@](C)(O)[C@@H](OC(C)=O)CC[C@@](C)(OC(=O)CCC)[C@@H]2O3)[C@]1(C)O. The van der Waals surface area contributed by atoms with Crippen molar-refractivity contribution in [1.29, 1.82) is 0 Å². The van der Waals surface area contributed by atoms with E-state index in [0.717, 1.165) is 0 Å². The molecule has 0 amide bonds. The summed E-state index contributed by atoms with van der Waals surface area (Å²) in [4.78, 5) is 50.4. The number of aliphatic hydroxyl groups is 2. The molecule has 0 aromatic rings. The lowest BCUT2D eigenvalue weighted by Gasteiger charge is -2.55. The molecule has 0 unspecified atom stereocenters. The van der Waals surface area contributed by atoms with E-state index < -0.39 is 89.0 Å². The van der Waals surface area contributed by atoms with Crippen molar-refractivity contribution in [2.24, 2.45) is 23.7 Å². The van der Waals surface area contributed by atoms with Gasteiger partial charge in [0.05, 0.1) is 6.10 Å². The van der Waals surface area contributed by atoms with Gasteiger partial charge in [0, 0.05) is 50.9 Å². The van der Waals surface area contributed by atoms with Crippen LogP contribution in [0, 0.1) is 23.7 Å². The number of fused-ring (bicyclic) bond motifs is 5. The number of hydrogen-bond acceptors (Lipinski definition) is 11. The van der Waals surface area contributed by atoms with Gasteiger partial charge in [0.15, 0.2) is 6.10 Å². The zero-order valence-corrected chi connectivity index (χ0v) is 27.2. The molecule has 1 saturated carbocycles. The Hall–Kier alpha value is -2.24. The molecule has 2 heterocycles. The maximum Gasteiger partial charge on any atom is 0.306 e. The molecule has 2 bridgehead atoms. The van der Waals surface area contributed by atoms with Crippen LogP contribution in [0.4, 0.5) is 0 Å². The maximum absolute atomic E-state index is 13.0. The third kappa shape index (κ3) is 7.36. The third-order valence-corrected chi connectivity index (χ3v) is 9.57. The number of esters is 4. The van der Waals surface area contributed by atoms with Crippen molar-refractivity contribution in [2.75, 3.05) is 0 Å². The van der Waals surface area contributed by atoms with Gasteiger partial charge in [-0.05, 0) is 52.4 Å². The van der Waals surface area contributed by atoms with Crippen LogP contribution in [0.1, 0.15) is 107 Å². The van der Waals surface area contributed by atoms with Crippen LogP contribution >= 0.6 is 0 Å². The third-order valence-electron chi connectivity index (χ3n) is 9.57. The second-order valence-electron chi connectivity index (χ2n) is 13.7. The summed E-state index contributed by atoms with van der Waals surface area (Å²) in [7, 11) is 0. The summed E-state index contributed by atoms with van der Waals surface area (Å²) in [5.74, 6) is -3.96. The van der Waals surface area contributed by atoms with E-state index in [4.69, 9.17) is 23.7 Å². The molecule has 3 rings (SSSR count). The Labute approximate surface area is 255 Å². The fraction of sp³-hybridized carbons (Fsp3) is 0.875. The Bertz CT molecular complexity index is 1040. The van der Waals surface area contributed by atoms with Gasteiger partial charge < -0.3 is 33.9 Å². The maximum atomic E-state index is 13.0. The second-order valence-corrected chi connectivity index (χ2v) is 13.7. The van der Waals surface area contributed by atoms with Crippen LogP contribution in [0.5, 0.6) is 0 Å². The average Bonchev–Trinajstić information content (AvgIpc) is 3.24. The molecule has 43 heavy (non-hydrogen) atoms. The quantitative estimate of drug-likeness (QED) is 0.290. The molecule has 3 aliphatic rings. The van der Waals surface area contributed by atoms with Gasteiger partial charge in [0.2, 0.25) is 0 Å². The summed E-state index contributed by atoms with van der Waals surface area (Å²) < 4.78 is 30.3. The lowest BCUT2D eigenvalue weighted by Crippen LogP contribution is -2.68.